The summed E-state index contributed by atoms with van der Waals surface area (Å²) in [5, 5.41) is 4.54. The van der Waals surface area contributed by atoms with Gasteiger partial charge in [-0.25, -0.2) is 0 Å². The summed E-state index contributed by atoms with van der Waals surface area (Å²) in [4.78, 5) is 47.3. The summed E-state index contributed by atoms with van der Waals surface area (Å²) in [5.41, 5.74) is 4.95. The molecular formula is C21H20N4O4. The first-order valence-corrected chi connectivity index (χ1v) is 8.99. The lowest BCUT2D eigenvalue weighted by Crippen LogP contribution is -2.48. The van der Waals surface area contributed by atoms with Crippen LogP contribution in [-0.2, 0) is 27.3 Å². The van der Waals surface area contributed by atoms with Gasteiger partial charge in [-0.15, -0.1) is 0 Å². The van der Waals surface area contributed by atoms with Crippen molar-refractivity contribution in [2.75, 3.05) is 6.54 Å². The minimum Gasteiger partial charge on any atom is -0.347 e. The van der Waals surface area contributed by atoms with E-state index in [2.05, 4.69) is 16.2 Å². The zero-order valence-corrected chi connectivity index (χ0v) is 15.6. The second-order valence-electron chi connectivity index (χ2n) is 6.35. The third-order valence-electron chi connectivity index (χ3n) is 4.23. The molecule has 0 saturated carbocycles. The normalized spacial score (nSPS) is 10.3. The van der Waals surface area contributed by atoms with Crippen LogP contribution < -0.4 is 21.7 Å². The molecule has 148 valence electrons. The maximum Gasteiger partial charge on any atom is 0.258 e. The summed E-state index contributed by atoms with van der Waals surface area (Å²) in [7, 11) is 0. The van der Waals surface area contributed by atoms with Crippen LogP contribution in [0.5, 0.6) is 0 Å². The molecule has 0 atom stereocenters. The summed E-state index contributed by atoms with van der Waals surface area (Å²) >= 11 is 0. The molecule has 3 aromatic rings. The van der Waals surface area contributed by atoms with E-state index in [0.29, 0.717) is 0 Å². The number of nitrogens with zero attached hydrogens (tertiary/aromatic N) is 1. The molecule has 0 aliphatic carbocycles. The Kier molecular flexibility index (Phi) is 6.36. The van der Waals surface area contributed by atoms with Crippen molar-refractivity contribution in [3.8, 4) is 0 Å². The number of fused-ring (bicyclic) bond motifs is 1. The number of aromatic nitrogens is 1. The highest BCUT2D eigenvalue weighted by Crippen LogP contribution is 2.18. The molecule has 0 aliphatic rings. The highest BCUT2D eigenvalue weighted by Gasteiger charge is 2.10. The number of carbonyl (C=O) groups excluding carboxylic acids is 3. The van der Waals surface area contributed by atoms with Gasteiger partial charge in [0.05, 0.1) is 13.0 Å². The monoisotopic (exact) mass is 392 g/mol. The first-order chi connectivity index (χ1) is 14.0. The molecule has 0 spiro atoms. The van der Waals surface area contributed by atoms with Crippen molar-refractivity contribution in [3.63, 3.8) is 0 Å². The van der Waals surface area contributed by atoms with Gasteiger partial charge in [0, 0.05) is 12.3 Å². The number of benzene rings is 2. The molecule has 2 aromatic carbocycles. The molecule has 3 amide bonds. The molecule has 1 heterocycles. The van der Waals surface area contributed by atoms with Crippen molar-refractivity contribution < 1.29 is 14.4 Å². The van der Waals surface area contributed by atoms with E-state index >= 15 is 0 Å². The molecular weight excluding hydrogens is 372 g/mol. The van der Waals surface area contributed by atoms with Crippen LogP contribution in [0.2, 0.25) is 0 Å². The Morgan fingerprint density at radius 1 is 0.793 bits per heavy atom. The van der Waals surface area contributed by atoms with Crippen molar-refractivity contribution in [2.24, 2.45) is 0 Å². The van der Waals surface area contributed by atoms with Crippen LogP contribution in [0, 0.1) is 0 Å². The first kappa shape index (κ1) is 19.8. The van der Waals surface area contributed by atoms with Gasteiger partial charge in [-0.1, -0.05) is 48.5 Å². The maximum atomic E-state index is 12.2. The minimum atomic E-state index is -0.579. The van der Waals surface area contributed by atoms with Crippen LogP contribution in [-0.4, -0.2) is 28.8 Å². The fourth-order valence-corrected chi connectivity index (χ4v) is 2.83. The first-order valence-electron chi connectivity index (χ1n) is 8.99. The van der Waals surface area contributed by atoms with E-state index in [0.717, 1.165) is 16.3 Å². The van der Waals surface area contributed by atoms with Crippen LogP contribution in [0.15, 0.2) is 71.7 Å². The number of amides is 3. The number of hydrogen-bond acceptors (Lipinski definition) is 4. The summed E-state index contributed by atoms with van der Waals surface area (Å²) < 4.78 is 1.20. The second-order valence-corrected chi connectivity index (χ2v) is 6.35. The fraction of sp³-hybridized carbons (Fsp3) is 0.143. The standard InChI is InChI=1S/C21H20N4O4/c26-18(12-16-8-5-7-15-6-1-2-9-17(15)16)22-13-19(27)23-24-20(28)14-25-11-4-3-10-21(25)29/h1-11H,12-14H2,(H,22,26)(H,23,27)(H,24,28). The van der Waals surface area contributed by atoms with Crippen LogP contribution in [0.4, 0.5) is 0 Å². The van der Waals surface area contributed by atoms with E-state index in [1.165, 1.54) is 16.8 Å². The van der Waals surface area contributed by atoms with E-state index in [1.54, 1.807) is 12.1 Å². The van der Waals surface area contributed by atoms with Crippen molar-refractivity contribution in [2.45, 2.75) is 13.0 Å². The smallest absolute Gasteiger partial charge is 0.258 e. The average Bonchev–Trinajstić information content (AvgIpc) is 2.73. The second kappa shape index (κ2) is 9.32. The Morgan fingerprint density at radius 2 is 1.52 bits per heavy atom. The Hall–Kier alpha value is -3.94. The Bertz CT molecular complexity index is 1100. The van der Waals surface area contributed by atoms with Gasteiger partial charge in [0.1, 0.15) is 6.54 Å². The molecule has 0 unspecified atom stereocenters. The minimum absolute atomic E-state index is 0.137. The molecule has 3 N–H and O–H groups in total. The van der Waals surface area contributed by atoms with Gasteiger partial charge in [-0.2, -0.15) is 0 Å². The Balaban J connectivity index is 1.44. The topological polar surface area (TPSA) is 109 Å². The molecule has 0 aliphatic heterocycles. The number of carbonyl (C=O) groups is 3. The van der Waals surface area contributed by atoms with E-state index in [1.807, 2.05) is 42.5 Å². The van der Waals surface area contributed by atoms with E-state index in [-0.39, 0.29) is 31.0 Å². The molecule has 29 heavy (non-hydrogen) atoms. The van der Waals surface area contributed by atoms with Crippen molar-refractivity contribution >= 4 is 28.5 Å². The molecule has 0 bridgehead atoms. The third kappa shape index (κ3) is 5.52. The number of rotatable bonds is 6. The van der Waals surface area contributed by atoms with Crippen molar-refractivity contribution in [1.82, 2.24) is 20.7 Å². The molecule has 0 saturated heterocycles. The molecule has 3 rings (SSSR count). The zero-order chi connectivity index (χ0) is 20.6. The number of pyridine rings is 1. The average molecular weight is 392 g/mol. The summed E-state index contributed by atoms with van der Waals surface area (Å²) in [6.45, 7) is -0.511. The van der Waals surface area contributed by atoms with Crippen molar-refractivity contribution in [1.29, 1.82) is 0 Å². The lowest BCUT2D eigenvalue weighted by atomic mass is 10.0. The van der Waals surface area contributed by atoms with Gasteiger partial charge in [0.15, 0.2) is 0 Å². The Morgan fingerprint density at radius 3 is 2.34 bits per heavy atom. The van der Waals surface area contributed by atoms with Gasteiger partial charge >= 0.3 is 0 Å². The van der Waals surface area contributed by atoms with E-state index in [4.69, 9.17) is 0 Å². The summed E-state index contributed by atoms with van der Waals surface area (Å²) in [6.07, 6.45) is 1.61. The van der Waals surface area contributed by atoms with Crippen LogP contribution >= 0.6 is 0 Å². The predicted molar refractivity (Wildman–Crippen MR) is 108 cm³/mol. The Labute approximate surface area is 166 Å². The summed E-state index contributed by atoms with van der Waals surface area (Å²) in [5.74, 6) is -1.45. The van der Waals surface area contributed by atoms with Gasteiger partial charge < -0.3 is 9.88 Å². The predicted octanol–water partition coefficient (Wildman–Crippen LogP) is 0.508. The number of nitrogens with one attached hydrogen (secondary N) is 3. The van der Waals surface area contributed by atoms with Gasteiger partial charge in [-0.3, -0.25) is 30.0 Å². The third-order valence-corrected chi connectivity index (χ3v) is 4.23. The zero-order valence-electron chi connectivity index (χ0n) is 15.6. The fourth-order valence-electron chi connectivity index (χ4n) is 2.83. The van der Waals surface area contributed by atoms with Crippen LogP contribution in [0.25, 0.3) is 10.8 Å². The lowest BCUT2D eigenvalue weighted by molar-refractivity contribution is -0.130. The van der Waals surface area contributed by atoms with Gasteiger partial charge in [0.25, 0.3) is 17.4 Å². The maximum absolute atomic E-state index is 12.2. The summed E-state index contributed by atoms with van der Waals surface area (Å²) in [6, 6.07) is 18.0. The molecule has 0 radical (unpaired) electrons. The highest BCUT2D eigenvalue weighted by atomic mass is 16.2. The highest BCUT2D eigenvalue weighted by molar-refractivity contribution is 5.91. The lowest BCUT2D eigenvalue weighted by Gasteiger charge is -2.10. The quantitative estimate of drug-likeness (QED) is 0.531. The largest absolute Gasteiger partial charge is 0.347 e. The van der Waals surface area contributed by atoms with E-state index in [9.17, 15) is 19.2 Å². The number of hydrogen-bond donors (Lipinski definition) is 3. The molecule has 8 nitrogen and oxygen atoms in total. The van der Waals surface area contributed by atoms with Gasteiger partial charge in [-0.05, 0) is 22.4 Å². The SMILES string of the molecule is O=C(Cc1cccc2ccccc12)NCC(=O)NNC(=O)Cn1ccccc1=O. The van der Waals surface area contributed by atoms with E-state index < -0.39 is 11.8 Å². The molecule has 0 fully saturated rings. The van der Waals surface area contributed by atoms with Crippen molar-refractivity contribution in [3.05, 3.63) is 82.8 Å². The van der Waals surface area contributed by atoms with Gasteiger partial charge in [0.2, 0.25) is 5.91 Å². The van der Waals surface area contributed by atoms with Crippen LogP contribution in [0.3, 0.4) is 0 Å². The number of hydrazine groups is 1. The van der Waals surface area contributed by atoms with Crippen LogP contribution in [0.1, 0.15) is 5.56 Å². The molecule has 8 heteroatoms. The molecule has 1 aromatic heterocycles.